The fraction of sp³-hybridized carbons (Fsp3) is 0.250. The van der Waals surface area contributed by atoms with Gasteiger partial charge in [-0.3, -0.25) is 0 Å². The van der Waals surface area contributed by atoms with E-state index in [4.69, 9.17) is 5.73 Å². The van der Waals surface area contributed by atoms with Gasteiger partial charge in [0.2, 0.25) is 10.0 Å². The molecule has 0 amide bonds. The summed E-state index contributed by atoms with van der Waals surface area (Å²) in [7, 11) is -1.92. The summed E-state index contributed by atoms with van der Waals surface area (Å²) in [5, 5.41) is 0. The van der Waals surface area contributed by atoms with Crippen molar-refractivity contribution >= 4 is 15.7 Å². The molecule has 0 aliphatic carbocycles. The number of hydrogen-bond donors (Lipinski definition) is 1. The lowest BCUT2D eigenvalue weighted by Gasteiger charge is -2.19. The Kier molecular flexibility index (Phi) is 4.34. The van der Waals surface area contributed by atoms with Crippen LogP contribution in [0.3, 0.4) is 0 Å². The molecule has 2 rings (SSSR count). The van der Waals surface area contributed by atoms with Gasteiger partial charge in [0.25, 0.3) is 0 Å². The summed E-state index contributed by atoms with van der Waals surface area (Å²) >= 11 is 0. The lowest BCUT2D eigenvalue weighted by molar-refractivity contribution is 0.466. The van der Waals surface area contributed by atoms with Crippen molar-refractivity contribution in [3.63, 3.8) is 0 Å². The average Bonchev–Trinajstić information content (AvgIpc) is 2.38. The molecule has 5 heteroatoms. The summed E-state index contributed by atoms with van der Waals surface area (Å²) in [5.41, 5.74) is 9.03. The zero-order valence-corrected chi connectivity index (χ0v) is 13.3. The van der Waals surface area contributed by atoms with E-state index in [1.165, 1.54) is 4.31 Å². The van der Waals surface area contributed by atoms with Crippen molar-refractivity contribution in [2.24, 2.45) is 0 Å². The Morgan fingerprint density at radius 2 is 1.81 bits per heavy atom. The van der Waals surface area contributed by atoms with Gasteiger partial charge in [-0.1, -0.05) is 29.8 Å². The van der Waals surface area contributed by atoms with E-state index in [0.717, 1.165) is 16.7 Å². The van der Waals surface area contributed by atoms with Crippen LogP contribution in [0.15, 0.2) is 47.4 Å². The summed E-state index contributed by atoms with van der Waals surface area (Å²) in [4.78, 5) is 0.347. The first kappa shape index (κ1) is 15.5. The standard InChI is InChI=1S/C16H20N2O2S/c1-12-7-8-16(13(2)9-12)21(19,20)18(3)11-14-5-4-6-15(17)10-14/h4-10H,11,17H2,1-3H3. The molecule has 0 aromatic heterocycles. The largest absolute Gasteiger partial charge is 0.399 e. The Morgan fingerprint density at radius 1 is 1.10 bits per heavy atom. The molecular weight excluding hydrogens is 284 g/mol. The molecule has 0 radical (unpaired) electrons. The minimum absolute atomic E-state index is 0.292. The third-order valence-electron chi connectivity index (χ3n) is 3.37. The summed E-state index contributed by atoms with van der Waals surface area (Å²) in [5.74, 6) is 0. The maximum absolute atomic E-state index is 12.6. The molecule has 0 fully saturated rings. The van der Waals surface area contributed by atoms with Crippen molar-refractivity contribution in [1.82, 2.24) is 4.31 Å². The van der Waals surface area contributed by atoms with Crippen molar-refractivity contribution in [2.75, 3.05) is 12.8 Å². The van der Waals surface area contributed by atoms with Crippen LogP contribution in [0.25, 0.3) is 0 Å². The predicted molar refractivity (Wildman–Crippen MR) is 85.4 cm³/mol. The lowest BCUT2D eigenvalue weighted by atomic mass is 10.2. The van der Waals surface area contributed by atoms with Gasteiger partial charge in [-0.2, -0.15) is 4.31 Å². The monoisotopic (exact) mass is 304 g/mol. The molecule has 0 heterocycles. The Bertz CT molecular complexity index is 755. The number of rotatable bonds is 4. The summed E-state index contributed by atoms with van der Waals surface area (Å²) in [6.45, 7) is 4.05. The third kappa shape index (κ3) is 3.43. The number of nitrogens with two attached hydrogens (primary N) is 1. The van der Waals surface area contributed by atoms with Crippen LogP contribution in [0.2, 0.25) is 0 Å². The first-order chi connectivity index (χ1) is 9.80. The highest BCUT2D eigenvalue weighted by molar-refractivity contribution is 7.89. The van der Waals surface area contributed by atoms with Gasteiger partial charge < -0.3 is 5.73 Å². The van der Waals surface area contributed by atoms with Crippen LogP contribution in [0.5, 0.6) is 0 Å². The van der Waals surface area contributed by atoms with Gasteiger partial charge in [0.1, 0.15) is 0 Å². The van der Waals surface area contributed by atoms with Crippen LogP contribution < -0.4 is 5.73 Å². The normalized spacial score (nSPS) is 11.8. The Balaban J connectivity index is 2.30. The second-order valence-corrected chi connectivity index (χ2v) is 7.29. The molecule has 0 aliphatic heterocycles. The van der Waals surface area contributed by atoms with Crippen LogP contribution in [-0.2, 0) is 16.6 Å². The van der Waals surface area contributed by atoms with Crippen LogP contribution in [0, 0.1) is 13.8 Å². The van der Waals surface area contributed by atoms with Gasteiger partial charge in [-0.05, 0) is 43.2 Å². The van der Waals surface area contributed by atoms with E-state index >= 15 is 0 Å². The van der Waals surface area contributed by atoms with Crippen LogP contribution >= 0.6 is 0 Å². The molecule has 0 spiro atoms. The predicted octanol–water partition coefficient (Wildman–Crippen LogP) is 2.71. The molecule has 2 aromatic rings. The first-order valence-corrected chi connectivity index (χ1v) is 8.13. The molecule has 112 valence electrons. The van der Waals surface area contributed by atoms with Gasteiger partial charge in [0.05, 0.1) is 4.90 Å². The molecule has 0 bridgehead atoms. The van der Waals surface area contributed by atoms with E-state index in [0.29, 0.717) is 17.1 Å². The first-order valence-electron chi connectivity index (χ1n) is 6.69. The van der Waals surface area contributed by atoms with E-state index in [2.05, 4.69) is 0 Å². The topological polar surface area (TPSA) is 63.4 Å². The zero-order chi connectivity index (χ0) is 15.6. The quantitative estimate of drug-likeness (QED) is 0.883. The highest BCUT2D eigenvalue weighted by Crippen LogP contribution is 2.21. The van der Waals surface area contributed by atoms with Gasteiger partial charge in [0.15, 0.2) is 0 Å². The second-order valence-electron chi connectivity index (χ2n) is 5.28. The van der Waals surface area contributed by atoms with E-state index in [1.807, 2.05) is 38.1 Å². The highest BCUT2D eigenvalue weighted by Gasteiger charge is 2.22. The third-order valence-corrected chi connectivity index (χ3v) is 5.34. The second kappa shape index (κ2) is 5.87. The number of nitrogens with zero attached hydrogens (tertiary/aromatic N) is 1. The number of benzene rings is 2. The van der Waals surface area contributed by atoms with Crippen LogP contribution in [0.4, 0.5) is 5.69 Å². The van der Waals surface area contributed by atoms with Crippen molar-refractivity contribution in [3.05, 3.63) is 59.2 Å². The molecular formula is C16H20N2O2S. The molecule has 0 atom stereocenters. The van der Waals surface area contributed by atoms with E-state index in [9.17, 15) is 8.42 Å². The molecule has 21 heavy (non-hydrogen) atoms. The summed E-state index contributed by atoms with van der Waals surface area (Å²) in [6.07, 6.45) is 0. The van der Waals surface area contributed by atoms with Crippen molar-refractivity contribution in [3.8, 4) is 0 Å². The molecule has 4 nitrogen and oxygen atoms in total. The van der Waals surface area contributed by atoms with E-state index in [1.54, 1.807) is 25.2 Å². The molecule has 2 aromatic carbocycles. The molecule has 0 unspecified atom stereocenters. The van der Waals surface area contributed by atoms with E-state index < -0.39 is 10.0 Å². The Morgan fingerprint density at radius 3 is 2.43 bits per heavy atom. The SMILES string of the molecule is Cc1ccc(S(=O)(=O)N(C)Cc2cccc(N)c2)c(C)c1. The van der Waals surface area contributed by atoms with Crippen molar-refractivity contribution in [1.29, 1.82) is 0 Å². The zero-order valence-electron chi connectivity index (χ0n) is 12.5. The molecule has 0 saturated heterocycles. The fourth-order valence-electron chi connectivity index (χ4n) is 2.29. The smallest absolute Gasteiger partial charge is 0.243 e. The van der Waals surface area contributed by atoms with Gasteiger partial charge in [-0.15, -0.1) is 0 Å². The number of sulfonamides is 1. The Labute approximate surface area is 126 Å². The maximum atomic E-state index is 12.6. The van der Waals surface area contributed by atoms with Gasteiger partial charge >= 0.3 is 0 Å². The molecule has 0 aliphatic rings. The number of nitrogen functional groups attached to an aromatic ring is 1. The molecule has 0 saturated carbocycles. The lowest BCUT2D eigenvalue weighted by Crippen LogP contribution is -2.27. The minimum Gasteiger partial charge on any atom is -0.399 e. The summed E-state index contributed by atoms with van der Waals surface area (Å²) in [6, 6.07) is 12.6. The molecule has 2 N–H and O–H groups in total. The number of aryl methyl sites for hydroxylation is 2. The van der Waals surface area contributed by atoms with Crippen molar-refractivity contribution < 1.29 is 8.42 Å². The van der Waals surface area contributed by atoms with Crippen LogP contribution in [0.1, 0.15) is 16.7 Å². The summed E-state index contributed by atoms with van der Waals surface area (Å²) < 4.78 is 26.6. The average molecular weight is 304 g/mol. The van der Waals surface area contributed by atoms with E-state index in [-0.39, 0.29) is 0 Å². The number of hydrogen-bond acceptors (Lipinski definition) is 3. The van der Waals surface area contributed by atoms with Gasteiger partial charge in [0, 0.05) is 19.3 Å². The minimum atomic E-state index is -3.50. The Hall–Kier alpha value is -1.85. The fourth-order valence-corrected chi connectivity index (χ4v) is 3.65. The van der Waals surface area contributed by atoms with Gasteiger partial charge in [-0.25, -0.2) is 8.42 Å². The maximum Gasteiger partial charge on any atom is 0.243 e. The van der Waals surface area contributed by atoms with Crippen LogP contribution in [-0.4, -0.2) is 19.8 Å². The van der Waals surface area contributed by atoms with Crippen molar-refractivity contribution in [2.45, 2.75) is 25.3 Å². The number of anilines is 1. The highest BCUT2D eigenvalue weighted by atomic mass is 32.2.